The highest BCUT2D eigenvalue weighted by Crippen LogP contribution is 2.25. The highest BCUT2D eigenvalue weighted by Gasteiger charge is 2.26. The Morgan fingerprint density at radius 1 is 1.53 bits per heavy atom. The second-order valence-corrected chi connectivity index (χ2v) is 4.78. The molecule has 0 saturated carbocycles. The summed E-state index contributed by atoms with van der Waals surface area (Å²) < 4.78 is 5.29. The minimum Gasteiger partial charge on any atom is -0.460 e. The molecule has 0 aliphatic carbocycles. The van der Waals surface area contributed by atoms with Crippen molar-refractivity contribution < 1.29 is 9.53 Å². The zero-order valence-electron chi connectivity index (χ0n) is 10.1. The number of rotatable bonds is 6. The van der Waals surface area contributed by atoms with Crippen LogP contribution in [-0.4, -0.2) is 16.9 Å². The largest absolute Gasteiger partial charge is 0.460 e. The van der Waals surface area contributed by atoms with Crippen LogP contribution in [0.25, 0.3) is 0 Å². The van der Waals surface area contributed by atoms with Gasteiger partial charge in [-0.3, -0.25) is 4.79 Å². The van der Waals surface area contributed by atoms with Gasteiger partial charge in [0.15, 0.2) is 0 Å². The molecule has 0 aromatic rings. The fourth-order valence-corrected chi connectivity index (χ4v) is 1.43. The van der Waals surface area contributed by atoms with Crippen LogP contribution < -0.4 is 0 Å². The molecule has 3 heteroatoms. The molecule has 0 rings (SSSR count). The summed E-state index contributed by atoms with van der Waals surface area (Å²) in [5.74, 6) is -0.235. The van der Waals surface area contributed by atoms with Crippen LogP contribution in [0.5, 0.6) is 0 Å². The van der Waals surface area contributed by atoms with Crippen LogP contribution >= 0.6 is 11.6 Å². The van der Waals surface area contributed by atoms with E-state index in [1.54, 1.807) is 0 Å². The molecule has 0 saturated heterocycles. The molecule has 2 atom stereocenters. The summed E-state index contributed by atoms with van der Waals surface area (Å²) in [5, 5.41) is -0.0357. The molecule has 0 aliphatic heterocycles. The van der Waals surface area contributed by atoms with Gasteiger partial charge < -0.3 is 4.74 Å². The molecule has 0 N–H and O–H groups in total. The first-order valence-corrected chi connectivity index (χ1v) is 5.73. The molecule has 0 amide bonds. The molecule has 0 heterocycles. The first kappa shape index (κ1) is 14.5. The van der Waals surface area contributed by atoms with Gasteiger partial charge >= 0.3 is 5.97 Å². The lowest BCUT2D eigenvalue weighted by Crippen LogP contribution is -2.30. The first-order chi connectivity index (χ1) is 6.80. The summed E-state index contributed by atoms with van der Waals surface area (Å²) in [6.07, 6.45) is 2.35. The summed E-state index contributed by atoms with van der Waals surface area (Å²) in [7, 11) is 0. The molecule has 0 fully saturated rings. The number of carbonyl (C=O) groups is 1. The average molecular weight is 233 g/mol. The van der Waals surface area contributed by atoms with Gasteiger partial charge in [-0.05, 0) is 33.1 Å². The Kier molecular flexibility index (Phi) is 5.96. The SMILES string of the molecule is C=C(C)C(Cl)CCC(C)(CC)OC(C)=O. The first-order valence-electron chi connectivity index (χ1n) is 5.30. The Balaban J connectivity index is 4.20. The lowest BCUT2D eigenvalue weighted by Gasteiger charge is -2.28. The van der Waals surface area contributed by atoms with E-state index >= 15 is 0 Å². The van der Waals surface area contributed by atoms with E-state index in [-0.39, 0.29) is 11.3 Å². The van der Waals surface area contributed by atoms with Crippen molar-refractivity contribution >= 4 is 17.6 Å². The number of hydrogen-bond donors (Lipinski definition) is 0. The predicted octanol–water partition coefficient (Wildman–Crippen LogP) is 3.68. The number of halogens is 1. The molecule has 0 aromatic carbocycles. The van der Waals surface area contributed by atoms with E-state index in [9.17, 15) is 4.79 Å². The second-order valence-electron chi connectivity index (χ2n) is 4.25. The molecule has 0 radical (unpaired) electrons. The fourth-order valence-electron chi connectivity index (χ4n) is 1.33. The number of allylic oxidation sites excluding steroid dienone is 1. The third-order valence-corrected chi connectivity index (χ3v) is 3.19. The summed E-state index contributed by atoms with van der Waals surface area (Å²) in [5.41, 5.74) is 0.562. The zero-order chi connectivity index (χ0) is 12.1. The molecule has 2 unspecified atom stereocenters. The average Bonchev–Trinajstić information content (AvgIpc) is 2.13. The maximum Gasteiger partial charge on any atom is 0.303 e. The van der Waals surface area contributed by atoms with Crippen LogP contribution in [0.4, 0.5) is 0 Å². The minimum atomic E-state index is -0.394. The molecule has 0 spiro atoms. The second kappa shape index (κ2) is 6.16. The van der Waals surface area contributed by atoms with Crippen LogP contribution in [0.2, 0.25) is 0 Å². The van der Waals surface area contributed by atoms with Crippen molar-refractivity contribution in [2.24, 2.45) is 0 Å². The Morgan fingerprint density at radius 3 is 2.40 bits per heavy atom. The van der Waals surface area contributed by atoms with Crippen LogP contribution in [0.3, 0.4) is 0 Å². The van der Waals surface area contributed by atoms with Crippen molar-refractivity contribution in [1.29, 1.82) is 0 Å². The van der Waals surface area contributed by atoms with E-state index < -0.39 is 5.60 Å². The normalized spacial score (nSPS) is 16.6. The fraction of sp³-hybridized carbons (Fsp3) is 0.750. The third kappa shape index (κ3) is 5.83. The third-order valence-electron chi connectivity index (χ3n) is 2.60. The van der Waals surface area contributed by atoms with Crippen LogP contribution in [0.15, 0.2) is 12.2 Å². The smallest absolute Gasteiger partial charge is 0.303 e. The van der Waals surface area contributed by atoms with Crippen molar-refractivity contribution in [3.8, 4) is 0 Å². The lowest BCUT2D eigenvalue weighted by molar-refractivity contribution is -0.156. The van der Waals surface area contributed by atoms with Crippen molar-refractivity contribution in [1.82, 2.24) is 0 Å². The van der Waals surface area contributed by atoms with Gasteiger partial charge in [-0.25, -0.2) is 0 Å². The van der Waals surface area contributed by atoms with Gasteiger partial charge in [0.25, 0.3) is 0 Å². The van der Waals surface area contributed by atoms with Crippen molar-refractivity contribution in [2.75, 3.05) is 0 Å². The number of hydrogen-bond acceptors (Lipinski definition) is 2. The lowest BCUT2D eigenvalue weighted by atomic mass is 9.94. The van der Waals surface area contributed by atoms with Crippen LogP contribution in [0.1, 0.15) is 47.0 Å². The number of esters is 1. The molecular formula is C12H21ClO2. The standard InChI is InChI=1S/C12H21ClO2/c1-6-12(5,15-10(4)14)8-7-11(13)9(2)3/h11H,2,6-8H2,1,3-5H3. The minimum absolute atomic E-state index is 0.0357. The van der Waals surface area contributed by atoms with E-state index in [2.05, 4.69) is 6.58 Å². The van der Waals surface area contributed by atoms with Crippen molar-refractivity contribution in [2.45, 2.75) is 57.9 Å². The van der Waals surface area contributed by atoms with Crippen LogP contribution in [-0.2, 0) is 9.53 Å². The molecule has 0 aromatic heterocycles. The van der Waals surface area contributed by atoms with Gasteiger partial charge in [0.2, 0.25) is 0 Å². The molecule has 0 bridgehead atoms. The van der Waals surface area contributed by atoms with Gasteiger partial charge in [-0.2, -0.15) is 0 Å². The quantitative estimate of drug-likeness (QED) is 0.397. The van der Waals surface area contributed by atoms with Crippen molar-refractivity contribution in [3.05, 3.63) is 12.2 Å². The highest BCUT2D eigenvalue weighted by atomic mass is 35.5. The van der Waals surface area contributed by atoms with Crippen LogP contribution in [0, 0.1) is 0 Å². The zero-order valence-corrected chi connectivity index (χ0v) is 10.9. The Labute approximate surface area is 97.6 Å². The Morgan fingerprint density at radius 2 is 2.07 bits per heavy atom. The monoisotopic (exact) mass is 232 g/mol. The van der Waals surface area contributed by atoms with Crippen molar-refractivity contribution in [3.63, 3.8) is 0 Å². The van der Waals surface area contributed by atoms with E-state index in [4.69, 9.17) is 16.3 Å². The van der Waals surface area contributed by atoms with E-state index in [0.717, 1.165) is 24.8 Å². The highest BCUT2D eigenvalue weighted by molar-refractivity contribution is 6.22. The molecular weight excluding hydrogens is 212 g/mol. The molecule has 88 valence electrons. The summed E-state index contributed by atoms with van der Waals surface area (Å²) >= 11 is 6.08. The number of carbonyl (C=O) groups excluding carboxylic acids is 1. The van der Waals surface area contributed by atoms with E-state index in [1.165, 1.54) is 6.92 Å². The summed E-state index contributed by atoms with van der Waals surface area (Å²) in [6.45, 7) is 11.1. The Bertz CT molecular complexity index is 238. The summed E-state index contributed by atoms with van der Waals surface area (Å²) in [4.78, 5) is 10.9. The number of alkyl halides is 1. The van der Waals surface area contributed by atoms with Gasteiger partial charge in [-0.1, -0.05) is 19.1 Å². The maximum absolute atomic E-state index is 10.9. The molecule has 15 heavy (non-hydrogen) atoms. The van der Waals surface area contributed by atoms with E-state index in [1.807, 2.05) is 20.8 Å². The van der Waals surface area contributed by atoms with Gasteiger partial charge in [0, 0.05) is 6.92 Å². The molecule has 2 nitrogen and oxygen atoms in total. The number of ether oxygens (including phenoxy) is 1. The molecule has 0 aliphatic rings. The van der Waals surface area contributed by atoms with Gasteiger partial charge in [-0.15, -0.1) is 11.6 Å². The van der Waals surface area contributed by atoms with E-state index in [0.29, 0.717) is 0 Å². The van der Waals surface area contributed by atoms with Gasteiger partial charge in [0.1, 0.15) is 5.60 Å². The predicted molar refractivity (Wildman–Crippen MR) is 64.2 cm³/mol. The Hall–Kier alpha value is -0.500. The van der Waals surface area contributed by atoms with Gasteiger partial charge in [0.05, 0.1) is 5.38 Å². The maximum atomic E-state index is 10.9. The topological polar surface area (TPSA) is 26.3 Å². The summed E-state index contributed by atoms with van der Waals surface area (Å²) in [6, 6.07) is 0.